The summed E-state index contributed by atoms with van der Waals surface area (Å²) < 4.78 is 13.6. The molecule has 2 rings (SSSR count). The molecule has 114 valence electrons. The van der Waals surface area contributed by atoms with Crippen LogP contribution in [0.3, 0.4) is 0 Å². The van der Waals surface area contributed by atoms with Crippen molar-refractivity contribution in [1.82, 2.24) is 5.32 Å². The molecule has 1 aliphatic carbocycles. The zero-order chi connectivity index (χ0) is 15.4. The van der Waals surface area contributed by atoms with Gasteiger partial charge in [-0.05, 0) is 43.4 Å². The van der Waals surface area contributed by atoms with Crippen molar-refractivity contribution < 1.29 is 9.18 Å². The maximum Gasteiger partial charge on any atom is 0.251 e. The lowest BCUT2D eigenvalue weighted by atomic mass is 9.83. The van der Waals surface area contributed by atoms with Gasteiger partial charge in [0.2, 0.25) is 0 Å². The lowest BCUT2D eigenvalue weighted by Gasteiger charge is -2.30. The number of hydrogen-bond donors (Lipinski definition) is 2. The van der Waals surface area contributed by atoms with E-state index in [2.05, 4.69) is 5.32 Å². The monoisotopic (exact) mass is 308 g/mol. The van der Waals surface area contributed by atoms with Crippen LogP contribution in [0.15, 0.2) is 18.2 Å². The van der Waals surface area contributed by atoms with Gasteiger partial charge in [0.1, 0.15) is 5.82 Å². The summed E-state index contributed by atoms with van der Waals surface area (Å²) in [5, 5.41) is 2.88. The molecule has 1 aromatic carbocycles. The van der Waals surface area contributed by atoms with Crippen molar-refractivity contribution in [1.29, 1.82) is 0 Å². The van der Waals surface area contributed by atoms with E-state index in [9.17, 15) is 9.18 Å². The Labute approximate surface area is 130 Å². The minimum Gasteiger partial charge on any atom is -0.392 e. The maximum absolute atomic E-state index is 13.6. The summed E-state index contributed by atoms with van der Waals surface area (Å²) >= 11 is 5.10. The smallest absolute Gasteiger partial charge is 0.251 e. The first-order valence-electron chi connectivity index (χ1n) is 7.35. The molecular formula is C16H21FN2OS. The Bertz CT molecular complexity index is 541. The van der Waals surface area contributed by atoms with Gasteiger partial charge in [0.15, 0.2) is 0 Å². The molecule has 5 heteroatoms. The highest BCUT2D eigenvalue weighted by Crippen LogP contribution is 2.27. The number of halogens is 1. The number of benzene rings is 1. The summed E-state index contributed by atoms with van der Waals surface area (Å²) in [6, 6.07) is 4.16. The van der Waals surface area contributed by atoms with E-state index in [1.807, 2.05) is 0 Å². The van der Waals surface area contributed by atoms with E-state index in [-0.39, 0.29) is 23.7 Å². The van der Waals surface area contributed by atoms with E-state index in [1.165, 1.54) is 12.5 Å². The van der Waals surface area contributed by atoms with Crippen molar-refractivity contribution in [2.24, 2.45) is 11.7 Å². The van der Waals surface area contributed by atoms with Gasteiger partial charge in [0, 0.05) is 5.56 Å². The average molecular weight is 308 g/mol. The van der Waals surface area contributed by atoms with Gasteiger partial charge in [0.05, 0.1) is 11.0 Å². The lowest BCUT2D eigenvalue weighted by molar-refractivity contribution is 0.0931. The van der Waals surface area contributed by atoms with Crippen molar-refractivity contribution in [2.45, 2.75) is 45.1 Å². The van der Waals surface area contributed by atoms with E-state index in [1.54, 1.807) is 19.1 Å². The van der Waals surface area contributed by atoms with Crippen molar-refractivity contribution in [2.75, 3.05) is 0 Å². The number of carbonyl (C=O) groups is 1. The Balaban J connectivity index is 2.10. The number of carbonyl (C=O) groups excluding carboxylic acids is 1. The molecular weight excluding hydrogens is 287 g/mol. The molecule has 1 aliphatic rings. The van der Waals surface area contributed by atoms with E-state index < -0.39 is 0 Å². The van der Waals surface area contributed by atoms with Crippen LogP contribution in [0.5, 0.6) is 0 Å². The van der Waals surface area contributed by atoms with Gasteiger partial charge in [-0.25, -0.2) is 4.39 Å². The standard InChI is InChI=1S/C16H21FN2OS/c1-10-7-8-12(9-13(10)17)16(20)19-14(15(18)21)11-5-3-2-4-6-11/h7-9,11,14H,2-6H2,1H3,(H2,18,21)(H,19,20). The zero-order valence-corrected chi connectivity index (χ0v) is 13.0. The molecule has 1 atom stereocenters. The van der Waals surface area contributed by atoms with Crippen LogP contribution in [0.4, 0.5) is 4.39 Å². The Morgan fingerprint density at radius 1 is 1.38 bits per heavy atom. The molecule has 0 heterocycles. The normalized spacial score (nSPS) is 17.2. The molecule has 0 aromatic heterocycles. The lowest BCUT2D eigenvalue weighted by Crippen LogP contribution is -2.48. The van der Waals surface area contributed by atoms with Crippen LogP contribution in [-0.4, -0.2) is 16.9 Å². The molecule has 0 radical (unpaired) electrons. The first-order chi connectivity index (χ1) is 9.99. The molecule has 3 N–H and O–H groups in total. The average Bonchev–Trinajstić information content (AvgIpc) is 2.48. The molecule has 1 amide bonds. The second-order valence-electron chi connectivity index (χ2n) is 5.72. The molecule has 3 nitrogen and oxygen atoms in total. The number of thiocarbonyl (C=S) groups is 1. The SMILES string of the molecule is Cc1ccc(C(=O)NC(C(N)=S)C2CCCCC2)cc1F. The first-order valence-corrected chi connectivity index (χ1v) is 7.76. The Hall–Kier alpha value is -1.49. The van der Waals surface area contributed by atoms with Gasteiger partial charge in [-0.1, -0.05) is 37.5 Å². The molecule has 1 aromatic rings. The number of nitrogens with two attached hydrogens (primary N) is 1. The molecule has 1 unspecified atom stereocenters. The summed E-state index contributed by atoms with van der Waals surface area (Å²) in [4.78, 5) is 12.6. The van der Waals surface area contributed by atoms with Gasteiger partial charge in [-0.15, -0.1) is 0 Å². The third-order valence-electron chi connectivity index (χ3n) is 4.15. The predicted octanol–water partition coefficient (Wildman–Crippen LogP) is 3.10. The molecule has 1 fully saturated rings. The highest BCUT2D eigenvalue weighted by atomic mass is 32.1. The molecule has 1 saturated carbocycles. The summed E-state index contributed by atoms with van der Waals surface area (Å²) in [5.74, 6) is -0.417. The summed E-state index contributed by atoms with van der Waals surface area (Å²) in [7, 11) is 0. The van der Waals surface area contributed by atoms with Crippen LogP contribution in [-0.2, 0) is 0 Å². The first kappa shape index (κ1) is 15.9. The summed E-state index contributed by atoms with van der Waals surface area (Å²) in [5.41, 5.74) is 6.61. The van der Waals surface area contributed by atoms with Crippen LogP contribution >= 0.6 is 12.2 Å². The second-order valence-corrected chi connectivity index (χ2v) is 6.19. The fraction of sp³-hybridized carbons (Fsp3) is 0.500. The topological polar surface area (TPSA) is 55.1 Å². The van der Waals surface area contributed by atoms with E-state index in [4.69, 9.17) is 18.0 Å². The van der Waals surface area contributed by atoms with Crippen LogP contribution < -0.4 is 11.1 Å². The van der Waals surface area contributed by atoms with Crippen LogP contribution in [0.2, 0.25) is 0 Å². The third-order valence-corrected chi connectivity index (χ3v) is 4.40. The fourth-order valence-corrected chi connectivity index (χ4v) is 3.10. The molecule has 0 bridgehead atoms. The van der Waals surface area contributed by atoms with Crippen molar-refractivity contribution in [3.05, 3.63) is 35.1 Å². The van der Waals surface area contributed by atoms with Crippen LogP contribution in [0, 0.1) is 18.7 Å². The summed E-state index contributed by atoms with van der Waals surface area (Å²) in [6.07, 6.45) is 5.53. The van der Waals surface area contributed by atoms with E-state index in [0.717, 1.165) is 25.7 Å². The van der Waals surface area contributed by atoms with Gasteiger partial charge in [-0.2, -0.15) is 0 Å². The Kier molecular flexibility index (Phi) is 5.28. The second kappa shape index (κ2) is 6.98. The number of amides is 1. The highest BCUT2D eigenvalue weighted by Gasteiger charge is 2.27. The molecule has 21 heavy (non-hydrogen) atoms. The van der Waals surface area contributed by atoms with Gasteiger partial charge in [-0.3, -0.25) is 4.79 Å². The van der Waals surface area contributed by atoms with Gasteiger partial charge in [0.25, 0.3) is 5.91 Å². The Morgan fingerprint density at radius 2 is 2.05 bits per heavy atom. The summed E-state index contributed by atoms with van der Waals surface area (Å²) in [6.45, 7) is 1.66. The third kappa shape index (κ3) is 4.00. The number of nitrogens with one attached hydrogen (secondary N) is 1. The Morgan fingerprint density at radius 3 is 2.62 bits per heavy atom. The number of rotatable bonds is 4. The zero-order valence-electron chi connectivity index (χ0n) is 12.2. The van der Waals surface area contributed by atoms with Crippen LogP contribution in [0.25, 0.3) is 0 Å². The van der Waals surface area contributed by atoms with Gasteiger partial charge < -0.3 is 11.1 Å². The van der Waals surface area contributed by atoms with Crippen molar-refractivity contribution >= 4 is 23.1 Å². The minimum atomic E-state index is -0.382. The molecule has 0 aliphatic heterocycles. The molecule has 0 saturated heterocycles. The number of hydrogen-bond acceptors (Lipinski definition) is 2. The van der Waals surface area contributed by atoms with Gasteiger partial charge >= 0.3 is 0 Å². The minimum absolute atomic E-state index is 0.287. The maximum atomic E-state index is 13.6. The largest absolute Gasteiger partial charge is 0.392 e. The highest BCUT2D eigenvalue weighted by molar-refractivity contribution is 7.80. The fourth-order valence-electron chi connectivity index (χ4n) is 2.85. The quantitative estimate of drug-likeness (QED) is 0.840. The van der Waals surface area contributed by atoms with E-state index >= 15 is 0 Å². The van der Waals surface area contributed by atoms with Crippen LogP contribution in [0.1, 0.15) is 48.0 Å². The predicted molar refractivity (Wildman–Crippen MR) is 85.8 cm³/mol. The molecule has 0 spiro atoms. The van der Waals surface area contributed by atoms with Crippen molar-refractivity contribution in [3.63, 3.8) is 0 Å². The van der Waals surface area contributed by atoms with Crippen molar-refractivity contribution in [3.8, 4) is 0 Å². The number of aryl methyl sites for hydroxylation is 1. The van der Waals surface area contributed by atoms with E-state index in [0.29, 0.717) is 16.1 Å².